The second-order valence-electron chi connectivity index (χ2n) is 4.67. The van der Waals surface area contributed by atoms with Crippen molar-refractivity contribution in [1.29, 1.82) is 0 Å². The van der Waals surface area contributed by atoms with Gasteiger partial charge in [0.15, 0.2) is 0 Å². The van der Waals surface area contributed by atoms with Crippen molar-refractivity contribution in [3.05, 3.63) is 17.5 Å². The number of aromatic nitrogens is 2. The van der Waals surface area contributed by atoms with E-state index in [9.17, 15) is 0 Å². The molecule has 0 atom stereocenters. The van der Waals surface area contributed by atoms with E-state index in [4.69, 9.17) is 5.11 Å². The number of β-amino-alcohol motifs (C(OH)–C–C–N with tert-alkyl or cyclic N) is 1. The monoisotopic (exact) mass is 223 g/mol. The quantitative estimate of drug-likeness (QED) is 0.835. The summed E-state index contributed by atoms with van der Waals surface area (Å²) in [6, 6.07) is 0.544. The van der Waals surface area contributed by atoms with Crippen LogP contribution in [0.15, 0.2) is 6.20 Å². The van der Waals surface area contributed by atoms with Crippen molar-refractivity contribution >= 4 is 0 Å². The van der Waals surface area contributed by atoms with Crippen molar-refractivity contribution in [2.75, 3.05) is 26.2 Å². The zero-order valence-corrected chi connectivity index (χ0v) is 10.2. The first kappa shape index (κ1) is 11.6. The van der Waals surface area contributed by atoms with Gasteiger partial charge in [-0.2, -0.15) is 5.10 Å². The Hall–Kier alpha value is -0.870. The third-order valence-electron chi connectivity index (χ3n) is 3.51. The molecule has 0 aromatic carbocycles. The van der Waals surface area contributed by atoms with E-state index in [-0.39, 0.29) is 6.61 Å². The van der Waals surface area contributed by atoms with Crippen molar-refractivity contribution in [3.8, 4) is 0 Å². The van der Waals surface area contributed by atoms with Gasteiger partial charge in [-0.3, -0.25) is 4.68 Å². The second-order valence-corrected chi connectivity index (χ2v) is 4.67. The maximum absolute atomic E-state index is 8.88. The van der Waals surface area contributed by atoms with Crippen LogP contribution in [0.3, 0.4) is 0 Å². The highest BCUT2D eigenvalue weighted by Gasteiger charge is 2.20. The van der Waals surface area contributed by atoms with E-state index in [1.807, 2.05) is 0 Å². The molecule has 1 aromatic rings. The van der Waals surface area contributed by atoms with Gasteiger partial charge in [-0.25, -0.2) is 0 Å². The second kappa shape index (κ2) is 4.97. The predicted octanol–water partition coefficient (Wildman–Crippen LogP) is 1.13. The molecule has 0 saturated carbocycles. The summed E-state index contributed by atoms with van der Waals surface area (Å²) < 4.78 is 2.13. The molecule has 4 heteroatoms. The molecule has 1 aliphatic heterocycles. The number of rotatable bonds is 3. The van der Waals surface area contributed by atoms with Crippen molar-refractivity contribution in [1.82, 2.24) is 14.7 Å². The standard InChI is InChI=1S/C12H21N3O/c1-10-9-15(13-11(10)2)12-3-5-14(6-4-12)7-8-16/h9,12,16H,3-8H2,1-2H3. The molecule has 0 bridgehead atoms. The van der Waals surface area contributed by atoms with Crippen LogP contribution in [0.2, 0.25) is 0 Å². The number of piperidine rings is 1. The molecule has 2 rings (SSSR count). The maximum atomic E-state index is 8.88. The summed E-state index contributed by atoms with van der Waals surface area (Å²) >= 11 is 0. The van der Waals surface area contributed by atoms with Crippen molar-refractivity contribution in [2.45, 2.75) is 32.7 Å². The molecule has 90 valence electrons. The third kappa shape index (κ3) is 2.44. The fourth-order valence-corrected chi connectivity index (χ4v) is 2.31. The fraction of sp³-hybridized carbons (Fsp3) is 0.750. The Balaban J connectivity index is 1.93. The summed E-state index contributed by atoms with van der Waals surface area (Å²) in [5.74, 6) is 0. The number of aliphatic hydroxyl groups is 1. The predicted molar refractivity (Wildman–Crippen MR) is 63.5 cm³/mol. The van der Waals surface area contributed by atoms with Gasteiger partial charge in [-0.1, -0.05) is 0 Å². The first-order valence-corrected chi connectivity index (χ1v) is 6.06. The first-order chi connectivity index (χ1) is 7.70. The molecule has 1 fully saturated rings. The molecule has 1 saturated heterocycles. The van der Waals surface area contributed by atoms with Crippen molar-refractivity contribution in [2.24, 2.45) is 0 Å². The van der Waals surface area contributed by atoms with Crippen LogP contribution in [0.25, 0.3) is 0 Å². The lowest BCUT2D eigenvalue weighted by atomic mass is 10.1. The van der Waals surface area contributed by atoms with Crippen molar-refractivity contribution in [3.63, 3.8) is 0 Å². The van der Waals surface area contributed by atoms with E-state index in [0.717, 1.165) is 38.2 Å². The molecular formula is C12H21N3O. The van der Waals surface area contributed by atoms with Gasteiger partial charge >= 0.3 is 0 Å². The number of hydrogen-bond acceptors (Lipinski definition) is 3. The number of aryl methyl sites for hydroxylation is 2. The van der Waals surface area contributed by atoms with Gasteiger partial charge in [0.1, 0.15) is 0 Å². The van der Waals surface area contributed by atoms with Crippen LogP contribution in [0, 0.1) is 13.8 Å². The lowest BCUT2D eigenvalue weighted by Gasteiger charge is -2.31. The van der Waals surface area contributed by atoms with Crippen LogP contribution in [0.1, 0.15) is 30.1 Å². The molecule has 1 N–H and O–H groups in total. The van der Waals surface area contributed by atoms with E-state index in [1.54, 1.807) is 0 Å². The van der Waals surface area contributed by atoms with E-state index < -0.39 is 0 Å². The summed E-state index contributed by atoms with van der Waals surface area (Å²) in [4.78, 5) is 2.32. The Labute approximate surface area is 96.9 Å². The molecule has 0 aliphatic carbocycles. The summed E-state index contributed by atoms with van der Waals surface area (Å²) in [6.45, 7) is 7.40. The maximum Gasteiger partial charge on any atom is 0.0622 e. The topological polar surface area (TPSA) is 41.3 Å². The summed E-state index contributed by atoms with van der Waals surface area (Å²) in [5.41, 5.74) is 2.41. The Kier molecular flexibility index (Phi) is 3.61. The number of hydrogen-bond donors (Lipinski definition) is 1. The minimum Gasteiger partial charge on any atom is -0.395 e. The Morgan fingerprint density at radius 3 is 2.56 bits per heavy atom. The fourth-order valence-electron chi connectivity index (χ4n) is 2.31. The minimum absolute atomic E-state index is 0.269. The molecular weight excluding hydrogens is 202 g/mol. The van der Waals surface area contributed by atoms with Crippen LogP contribution in [-0.4, -0.2) is 46.0 Å². The molecule has 1 aliphatic rings. The van der Waals surface area contributed by atoms with E-state index >= 15 is 0 Å². The van der Waals surface area contributed by atoms with E-state index in [0.29, 0.717) is 6.04 Å². The lowest BCUT2D eigenvalue weighted by molar-refractivity contribution is 0.145. The molecule has 16 heavy (non-hydrogen) atoms. The van der Waals surface area contributed by atoms with Crippen LogP contribution in [0.5, 0.6) is 0 Å². The molecule has 0 spiro atoms. The Morgan fingerprint density at radius 2 is 2.06 bits per heavy atom. The molecule has 4 nitrogen and oxygen atoms in total. The highest BCUT2D eigenvalue weighted by Crippen LogP contribution is 2.22. The van der Waals surface area contributed by atoms with Gasteiger partial charge < -0.3 is 10.0 Å². The van der Waals surface area contributed by atoms with Gasteiger partial charge in [-0.05, 0) is 32.3 Å². The zero-order valence-electron chi connectivity index (χ0n) is 10.2. The van der Waals surface area contributed by atoms with Gasteiger partial charge in [0, 0.05) is 25.8 Å². The highest BCUT2D eigenvalue weighted by molar-refractivity contribution is 5.12. The number of nitrogens with zero attached hydrogens (tertiary/aromatic N) is 3. The van der Waals surface area contributed by atoms with Gasteiger partial charge in [-0.15, -0.1) is 0 Å². The summed E-state index contributed by atoms with van der Waals surface area (Å²) in [6.07, 6.45) is 4.43. The summed E-state index contributed by atoms with van der Waals surface area (Å²) in [7, 11) is 0. The minimum atomic E-state index is 0.269. The van der Waals surface area contributed by atoms with Gasteiger partial charge in [0.05, 0.1) is 18.3 Å². The normalized spacial score (nSPS) is 19.2. The lowest BCUT2D eigenvalue weighted by Crippen LogP contribution is -2.36. The molecule has 0 unspecified atom stereocenters. The molecule has 0 amide bonds. The number of likely N-dealkylation sites (tertiary alicyclic amines) is 1. The highest BCUT2D eigenvalue weighted by atomic mass is 16.3. The zero-order chi connectivity index (χ0) is 11.5. The molecule has 2 heterocycles. The first-order valence-electron chi connectivity index (χ1n) is 6.06. The molecule has 1 aromatic heterocycles. The van der Waals surface area contributed by atoms with Crippen LogP contribution >= 0.6 is 0 Å². The SMILES string of the molecule is Cc1cn(C2CCN(CCO)CC2)nc1C. The third-order valence-corrected chi connectivity index (χ3v) is 3.51. The Morgan fingerprint density at radius 1 is 1.38 bits per heavy atom. The average Bonchev–Trinajstić information content (AvgIpc) is 2.61. The molecule has 0 radical (unpaired) electrons. The van der Waals surface area contributed by atoms with Crippen molar-refractivity contribution < 1.29 is 5.11 Å². The van der Waals surface area contributed by atoms with Crippen LogP contribution < -0.4 is 0 Å². The van der Waals surface area contributed by atoms with Crippen LogP contribution in [0.4, 0.5) is 0 Å². The van der Waals surface area contributed by atoms with Gasteiger partial charge in [0.25, 0.3) is 0 Å². The smallest absolute Gasteiger partial charge is 0.0622 e. The van der Waals surface area contributed by atoms with Gasteiger partial charge in [0.2, 0.25) is 0 Å². The largest absolute Gasteiger partial charge is 0.395 e. The summed E-state index contributed by atoms with van der Waals surface area (Å²) in [5, 5.41) is 13.4. The van der Waals surface area contributed by atoms with E-state index in [1.165, 1.54) is 5.56 Å². The van der Waals surface area contributed by atoms with Crippen LogP contribution in [-0.2, 0) is 0 Å². The van der Waals surface area contributed by atoms with E-state index in [2.05, 4.69) is 34.7 Å². The Bertz CT molecular complexity index is 321. The number of aliphatic hydroxyl groups excluding tert-OH is 1. The average molecular weight is 223 g/mol.